The number of rotatable bonds is 3. The van der Waals surface area contributed by atoms with Gasteiger partial charge in [0.1, 0.15) is 0 Å². The van der Waals surface area contributed by atoms with Crippen LogP contribution in [-0.2, 0) is 4.79 Å². The van der Waals surface area contributed by atoms with Crippen LogP contribution in [0.25, 0.3) is 10.9 Å². The Labute approximate surface area is 86.1 Å². The molecule has 1 unspecified atom stereocenters. The molecule has 3 N–H and O–H groups in total. The van der Waals surface area contributed by atoms with E-state index < -0.39 is 12.0 Å². The van der Waals surface area contributed by atoms with Crippen molar-refractivity contribution in [3.8, 4) is 0 Å². The minimum atomic E-state index is -0.966. The summed E-state index contributed by atoms with van der Waals surface area (Å²) in [6, 6.07) is 6.63. The number of aliphatic carboxylic acids is 1. The maximum atomic E-state index is 10.9. The summed E-state index contributed by atoms with van der Waals surface area (Å²) in [5, 5.41) is 13.9. The van der Waals surface area contributed by atoms with Crippen molar-refractivity contribution in [1.29, 1.82) is 0 Å². The van der Waals surface area contributed by atoms with Crippen LogP contribution >= 0.6 is 0 Å². The van der Waals surface area contributed by atoms with Crippen LogP contribution in [0.3, 0.4) is 0 Å². The molecule has 1 aromatic heterocycles. The molecule has 1 aromatic carbocycles. The molecule has 1 heterocycles. The van der Waals surface area contributed by atoms with Gasteiger partial charge in [-0.3, -0.25) is 0 Å². The molecule has 0 amide bonds. The smallest absolute Gasteiger partial charge is 0.329 e. The molecule has 0 spiro atoms. The predicted molar refractivity (Wildman–Crippen MR) is 55.5 cm³/mol. The van der Waals surface area contributed by atoms with E-state index in [0.717, 1.165) is 10.9 Å². The van der Waals surface area contributed by atoms with E-state index in [0.29, 0.717) is 0 Å². The maximum Gasteiger partial charge on any atom is 0.329 e. The van der Waals surface area contributed by atoms with Gasteiger partial charge in [0, 0.05) is 11.9 Å². The van der Waals surface area contributed by atoms with Crippen LogP contribution in [0.5, 0.6) is 0 Å². The number of benzene rings is 1. The van der Waals surface area contributed by atoms with E-state index in [2.05, 4.69) is 5.10 Å². The standard InChI is InChI=1S/C10H11N3O2/c11-5-9(10(14)15)13-8-4-2-1-3-7(8)6-12-13/h1-4,6,9H,5,11H2,(H,14,15). The first-order valence-electron chi connectivity index (χ1n) is 4.59. The molecule has 5 heteroatoms. The van der Waals surface area contributed by atoms with Gasteiger partial charge in [0.15, 0.2) is 6.04 Å². The van der Waals surface area contributed by atoms with Gasteiger partial charge in [0.05, 0.1) is 11.7 Å². The van der Waals surface area contributed by atoms with Gasteiger partial charge in [-0.15, -0.1) is 0 Å². The van der Waals surface area contributed by atoms with Crippen molar-refractivity contribution in [2.45, 2.75) is 6.04 Å². The van der Waals surface area contributed by atoms with E-state index >= 15 is 0 Å². The van der Waals surface area contributed by atoms with E-state index in [1.54, 1.807) is 6.20 Å². The molecule has 5 nitrogen and oxygen atoms in total. The number of fused-ring (bicyclic) bond motifs is 1. The second-order valence-electron chi connectivity index (χ2n) is 3.24. The maximum absolute atomic E-state index is 10.9. The number of nitrogens with zero attached hydrogens (tertiary/aromatic N) is 2. The van der Waals surface area contributed by atoms with Crippen LogP contribution in [0.4, 0.5) is 0 Å². The number of para-hydroxylation sites is 1. The summed E-state index contributed by atoms with van der Waals surface area (Å²) in [7, 11) is 0. The lowest BCUT2D eigenvalue weighted by atomic mass is 10.2. The van der Waals surface area contributed by atoms with Gasteiger partial charge in [-0.25, -0.2) is 9.48 Å². The van der Waals surface area contributed by atoms with Crippen molar-refractivity contribution in [2.24, 2.45) is 5.73 Å². The van der Waals surface area contributed by atoms with Crippen LogP contribution in [-0.4, -0.2) is 27.4 Å². The van der Waals surface area contributed by atoms with Crippen molar-refractivity contribution in [3.63, 3.8) is 0 Å². The largest absolute Gasteiger partial charge is 0.480 e. The molecule has 0 aliphatic rings. The molecule has 0 saturated heterocycles. The van der Waals surface area contributed by atoms with Crippen molar-refractivity contribution in [2.75, 3.05) is 6.54 Å². The van der Waals surface area contributed by atoms with Crippen molar-refractivity contribution >= 4 is 16.9 Å². The Kier molecular flexibility index (Phi) is 2.39. The zero-order valence-electron chi connectivity index (χ0n) is 8.00. The summed E-state index contributed by atoms with van der Waals surface area (Å²) >= 11 is 0. The van der Waals surface area contributed by atoms with E-state index in [4.69, 9.17) is 10.8 Å². The highest BCUT2D eigenvalue weighted by atomic mass is 16.4. The highest BCUT2D eigenvalue weighted by Gasteiger charge is 2.19. The van der Waals surface area contributed by atoms with Gasteiger partial charge in [0.2, 0.25) is 0 Å². The SMILES string of the molecule is NCC(C(=O)O)n1ncc2ccccc21. The minimum Gasteiger partial charge on any atom is -0.480 e. The molecule has 0 aliphatic heterocycles. The molecule has 0 fully saturated rings. The first-order valence-corrected chi connectivity index (χ1v) is 4.59. The van der Waals surface area contributed by atoms with Crippen LogP contribution in [0.15, 0.2) is 30.5 Å². The number of carboxylic acid groups (broad SMARTS) is 1. The molecule has 0 bridgehead atoms. The van der Waals surface area contributed by atoms with E-state index in [9.17, 15) is 4.79 Å². The number of hydrogen-bond acceptors (Lipinski definition) is 3. The summed E-state index contributed by atoms with van der Waals surface area (Å²) in [5.74, 6) is -0.966. The zero-order valence-corrected chi connectivity index (χ0v) is 8.00. The average Bonchev–Trinajstić information content (AvgIpc) is 2.63. The first kappa shape index (κ1) is 9.67. The normalized spacial score (nSPS) is 12.9. The van der Waals surface area contributed by atoms with E-state index in [1.807, 2.05) is 24.3 Å². The Morgan fingerprint density at radius 2 is 2.27 bits per heavy atom. The third-order valence-corrected chi connectivity index (χ3v) is 2.31. The van der Waals surface area contributed by atoms with Crippen molar-refractivity contribution in [1.82, 2.24) is 9.78 Å². The van der Waals surface area contributed by atoms with Gasteiger partial charge >= 0.3 is 5.97 Å². The van der Waals surface area contributed by atoms with Crippen LogP contribution in [0, 0.1) is 0 Å². The summed E-state index contributed by atoms with van der Waals surface area (Å²) in [5.41, 5.74) is 6.20. The zero-order chi connectivity index (χ0) is 10.8. The molecule has 2 aromatic rings. The van der Waals surface area contributed by atoms with Crippen LogP contribution in [0.1, 0.15) is 6.04 Å². The molecule has 78 valence electrons. The molecule has 0 aliphatic carbocycles. The highest BCUT2D eigenvalue weighted by molar-refractivity contribution is 5.81. The summed E-state index contributed by atoms with van der Waals surface area (Å²) in [6.07, 6.45) is 1.64. The summed E-state index contributed by atoms with van der Waals surface area (Å²) in [6.45, 7) is 0.0288. The van der Waals surface area contributed by atoms with Gasteiger partial charge in [0.25, 0.3) is 0 Å². The monoisotopic (exact) mass is 205 g/mol. The lowest BCUT2D eigenvalue weighted by Gasteiger charge is -2.11. The number of nitrogens with two attached hydrogens (primary N) is 1. The first-order chi connectivity index (χ1) is 7.24. The molecule has 0 saturated carbocycles. The fourth-order valence-electron chi connectivity index (χ4n) is 1.55. The van der Waals surface area contributed by atoms with Gasteiger partial charge < -0.3 is 10.8 Å². The Bertz CT molecular complexity index is 492. The minimum absolute atomic E-state index is 0.0288. The fourth-order valence-corrected chi connectivity index (χ4v) is 1.55. The second kappa shape index (κ2) is 3.70. The predicted octanol–water partition coefficient (Wildman–Crippen LogP) is 0.621. The van der Waals surface area contributed by atoms with E-state index in [-0.39, 0.29) is 6.54 Å². The quantitative estimate of drug-likeness (QED) is 0.769. The van der Waals surface area contributed by atoms with Gasteiger partial charge in [-0.05, 0) is 6.07 Å². The molecule has 15 heavy (non-hydrogen) atoms. The number of hydrogen-bond donors (Lipinski definition) is 2. The molecular formula is C10H11N3O2. The second-order valence-corrected chi connectivity index (χ2v) is 3.24. The Morgan fingerprint density at radius 3 is 2.93 bits per heavy atom. The Morgan fingerprint density at radius 1 is 1.53 bits per heavy atom. The number of carbonyl (C=O) groups is 1. The third-order valence-electron chi connectivity index (χ3n) is 2.31. The van der Waals surface area contributed by atoms with Gasteiger partial charge in [-0.1, -0.05) is 18.2 Å². The lowest BCUT2D eigenvalue weighted by Crippen LogP contribution is -2.27. The Balaban J connectivity index is 2.55. The van der Waals surface area contributed by atoms with Crippen molar-refractivity contribution < 1.29 is 9.90 Å². The summed E-state index contributed by atoms with van der Waals surface area (Å²) < 4.78 is 1.44. The fraction of sp³-hybridized carbons (Fsp3) is 0.200. The molecule has 0 radical (unpaired) electrons. The van der Waals surface area contributed by atoms with E-state index in [1.165, 1.54) is 4.68 Å². The molecule has 2 rings (SSSR count). The number of aromatic nitrogens is 2. The van der Waals surface area contributed by atoms with Crippen molar-refractivity contribution in [3.05, 3.63) is 30.5 Å². The molecular weight excluding hydrogens is 194 g/mol. The molecule has 1 atom stereocenters. The summed E-state index contributed by atoms with van der Waals surface area (Å²) in [4.78, 5) is 10.9. The van der Waals surface area contributed by atoms with Gasteiger partial charge in [-0.2, -0.15) is 5.10 Å². The third kappa shape index (κ3) is 1.57. The highest BCUT2D eigenvalue weighted by Crippen LogP contribution is 2.16. The Hall–Kier alpha value is -1.88. The lowest BCUT2D eigenvalue weighted by molar-refractivity contribution is -0.140. The topological polar surface area (TPSA) is 81.1 Å². The number of carboxylic acids is 1. The van der Waals surface area contributed by atoms with Crippen LogP contribution < -0.4 is 5.73 Å². The van der Waals surface area contributed by atoms with Crippen LogP contribution in [0.2, 0.25) is 0 Å². The average molecular weight is 205 g/mol.